The van der Waals surface area contributed by atoms with E-state index in [1.807, 2.05) is 6.07 Å². The van der Waals surface area contributed by atoms with Gasteiger partial charge in [-0.1, -0.05) is 0 Å². The number of nitrogens with zero attached hydrogens (tertiary/aromatic N) is 1. The number of nitrogens with two attached hydrogens (primary N) is 1. The molecule has 20 heavy (non-hydrogen) atoms. The van der Waals surface area contributed by atoms with Crippen molar-refractivity contribution in [3.63, 3.8) is 0 Å². The van der Waals surface area contributed by atoms with E-state index in [4.69, 9.17) is 15.6 Å². The van der Waals surface area contributed by atoms with Crippen molar-refractivity contribution >= 4 is 22.8 Å². The van der Waals surface area contributed by atoms with E-state index in [9.17, 15) is 4.79 Å². The van der Waals surface area contributed by atoms with Crippen LogP contribution in [-0.2, 0) is 0 Å². The van der Waals surface area contributed by atoms with Crippen LogP contribution < -0.4 is 15.8 Å². The number of hydrogen-bond acceptors (Lipinski definition) is 4. The van der Waals surface area contributed by atoms with E-state index in [2.05, 4.69) is 15.3 Å². The molecule has 1 aromatic heterocycles. The lowest BCUT2D eigenvalue weighted by molar-refractivity contribution is 0.0972. The standard InChI is InChI=1S/C13H16N4O3/c1-15-13(14)17-12(19)11-6-8-2-3-9(20-5-4-18)7-10(8)16-11/h2-3,6-7,16,18H,4-5H2,1H3,(H3,14,15,17,19). The molecular formula is C13H16N4O3. The Morgan fingerprint density at radius 2 is 2.30 bits per heavy atom. The number of ether oxygens (including phenoxy) is 1. The number of aliphatic hydroxyl groups excluding tert-OH is 1. The molecule has 106 valence electrons. The highest BCUT2D eigenvalue weighted by Gasteiger charge is 2.10. The number of guanidine groups is 1. The zero-order valence-electron chi connectivity index (χ0n) is 11.0. The SMILES string of the molecule is CN=C(N)NC(=O)c1cc2ccc(OCCO)cc2[nH]1. The molecule has 0 saturated carbocycles. The largest absolute Gasteiger partial charge is 0.491 e. The van der Waals surface area contributed by atoms with Gasteiger partial charge in [0.05, 0.1) is 6.61 Å². The Balaban J connectivity index is 2.22. The van der Waals surface area contributed by atoms with Crippen LogP contribution in [0.4, 0.5) is 0 Å². The van der Waals surface area contributed by atoms with E-state index in [0.29, 0.717) is 11.4 Å². The lowest BCUT2D eigenvalue weighted by Crippen LogP contribution is -2.36. The molecule has 0 fully saturated rings. The van der Waals surface area contributed by atoms with Gasteiger partial charge in [-0.3, -0.25) is 15.1 Å². The predicted molar refractivity (Wildman–Crippen MR) is 75.9 cm³/mol. The van der Waals surface area contributed by atoms with Crippen LogP contribution in [0, 0.1) is 0 Å². The Labute approximate surface area is 115 Å². The van der Waals surface area contributed by atoms with Crippen molar-refractivity contribution in [2.75, 3.05) is 20.3 Å². The van der Waals surface area contributed by atoms with Crippen LogP contribution in [0.1, 0.15) is 10.5 Å². The van der Waals surface area contributed by atoms with Crippen LogP contribution in [0.3, 0.4) is 0 Å². The third-order valence-corrected chi connectivity index (χ3v) is 2.68. The van der Waals surface area contributed by atoms with Gasteiger partial charge in [-0.05, 0) is 18.2 Å². The number of amides is 1. The Kier molecular flexibility index (Phi) is 4.21. The topological polar surface area (TPSA) is 113 Å². The molecule has 2 rings (SSSR count). The average Bonchev–Trinajstić information content (AvgIpc) is 2.88. The van der Waals surface area contributed by atoms with Crippen LogP contribution in [0.25, 0.3) is 10.9 Å². The van der Waals surface area contributed by atoms with Crippen LogP contribution in [-0.4, -0.2) is 42.2 Å². The maximum absolute atomic E-state index is 11.9. The molecule has 7 heteroatoms. The smallest absolute Gasteiger partial charge is 0.274 e. The van der Waals surface area contributed by atoms with Crippen molar-refractivity contribution in [3.8, 4) is 5.75 Å². The minimum Gasteiger partial charge on any atom is -0.491 e. The van der Waals surface area contributed by atoms with Gasteiger partial charge in [0.2, 0.25) is 0 Å². The number of aliphatic hydroxyl groups is 1. The molecule has 0 saturated heterocycles. The molecule has 0 atom stereocenters. The maximum Gasteiger partial charge on any atom is 0.274 e. The van der Waals surface area contributed by atoms with Gasteiger partial charge < -0.3 is 20.6 Å². The van der Waals surface area contributed by atoms with E-state index in [1.165, 1.54) is 7.05 Å². The van der Waals surface area contributed by atoms with Gasteiger partial charge in [0.15, 0.2) is 5.96 Å². The summed E-state index contributed by atoms with van der Waals surface area (Å²) in [5.41, 5.74) is 6.59. The van der Waals surface area contributed by atoms with Gasteiger partial charge in [0, 0.05) is 24.0 Å². The Bertz CT molecular complexity index is 648. The van der Waals surface area contributed by atoms with Crippen molar-refractivity contribution < 1.29 is 14.6 Å². The molecule has 0 aliphatic rings. The Hall–Kier alpha value is -2.54. The van der Waals surface area contributed by atoms with E-state index in [-0.39, 0.29) is 25.1 Å². The number of aliphatic imine (C=N–C) groups is 1. The number of aromatic amines is 1. The minimum atomic E-state index is -0.359. The first-order chi connectivity index (χ1) is 9.63. The lowest BCUT2D eigenvalue weighted by Gasteiger charge is -2.03. The summed E-state index contributed by atoms with van der Waals surface area (Å²) in [4.78, 5) is 18.5. The number of fused-ring (bicyclic) bond motifs is 1. The first-order valence-electron chi connectivity index (χ1n) is 6.04. The molecule has 0 bridgehead atoms. The summed E-state index contributed by atoms with van der Waals surface area (Å²) < 4.78 is 5.31. The molecule has 0 aliphatic heterocycles. The number of carbonyl (C=O) groups excluding carboxylic acids is 1. The number of hydrogen-bond donors (Lipinski definition) is 4. The fourth-order valence-electron chi connectivity index (χ4n) is 1.72. The number of H-pyrrole nitrogens is 1. The molecule has 1 aromatic carbocycles. The average molecular weight is 276 g/mol. The summed E-state index contributed by atoms with van der Waals surface area (Å²) in [7, 11) is 1.49. The summed E-state index contributed by atoms with van der Waals surface area (Å²) in [5.74, 6) is 0.317. The molecular weight excluding hydrogens is 260 g/mol. The van der Waals surface area contributed by atoms with Gasteiger partial charge >= 0.3 is 0 Å². The fraction of sp³-hybridized carbons (Fsp3) is 0.231. The number of nitrogens with one attached hydrogen (secondary N) is 2. The summed E-state index contributed by atoms with van der Waals surface area (Å²) in [6, 6.07) is 7.07. The monoisotopic (exact) mass is 276 g/mol. The van der Waals surface area contributed by atoms with E-state index < -0.39 is 0 Å². The molecule has 1 heterocycles. The summed E-state index contributed by atoms with van der Waals surface area (Å²) >= 11 is 0. The molecule has 0 aliphatic carbocycles. The van der Waals surface area contributed by atoms with Crippen LogP contribution >= 0.6 is 0 Å². The highest BCUT2D eigenvalue weighted by atomic mass is 16.5. The first kappa shape index (κ1) is 13.9. The second kappa shape index (κ2) is 6.07. The van der Waals surface area contributed by atoms with Crippen molar-refractivity contribution in [1.82, 2.24) is 10.3 Å². The lowest BCUT2D eigenvalue weighted by atomic mass is 10.2. The Morgan fingerprint density at radius 3 is 3.00 bits per heavy atom. The van der Waals surface area contributed by atoms with Crippen LogP contribution in [0.2, 0.25) is 0 Å². The summed E-state index contributed by atoms with van der Waals surface area (Å²) in [6.45, 7) is 0.176. The minimum absolute atomic E-state index is 0.0496. The van der Waals surface area contributed by atoms with Crippen molar-refractivity contribution in [2.45, 2.75) is 0 Å². The molecule has 7 nitrogen and oxygen atoms in total. The Morgan fingerprint density at radius 1 is 1.50 bits per heavy atom. The van der Waals surface area contributed by atoms with Gasteiger partial charge in [-0.2, -0.15) is 0 Å². The quantitative estimate of drug-likeness (QED) is 0.472. The predicted octanol–water partition coefficient (Wildman–Crippen LogP) is 0.213. The van der Waals surface area contributed by atoms with E-state index in [0.717, 1.165) is 10.9 Å². The molecule has 0 unspecified atom stereocenters. The zero-order valence-corrected chi connectivity index (χ0v) is 11.0. The maximum atomic E-state index is 11.9. The zero-order chi connectivity index (χ0) is 14.5. The third kappa shape index (κ3) is 3.07. The van der Waals surface area contributed by atoms with E-state index in [1.54, 1.807) is 18.2 Å². The van der Waals surface area contributed by atoms with E-state index >= 15 is 0 Å². The fourth-order valence-corrected chi connectivity index (χ4v) is 1.72. The van der Waals surface area contributed by atoms with Gasteiger partial charge in [-0.25, -0.2) is 0 Å². The van der Waals surface area contributed by atoms with Crippen molar-refractivity contribution in [1.29, 1.82) is 0 Å². The molecule has 5 N–H and O–H groups in total. The van der Waals surface area contributed by atoms with Gasteiger partial charge in [-0.15, -0.1) is 0 Å². The molecule has 2 aromatic rings. The number of aromatic nitrogens is 1. The number of carbonyl (C=O) groups is 1. The molecule has 0 spiro atoms. The van der Waals surface area contributed by atoms with Gasteiger partial charge in [0.1, 0.15) is 18.1 Å². The molecule has 1 amide bonds. The summed E-state index contributed by atoms with van der Waals surface area (Å²) in [6.07, 6.45) is 0. The summed E-state index contributed by atoms with van der Waals surface area (Å²) in [5, 5.41) is 12.0. The highest BCUT2D eigenvalue weighted by Crippen LogP contribution is 2.21. The van der Waals surface area contributed by atoms with Crippen LogP contribution in [0.5, 0.6) is 5.75 Å². The van der Waals surface area contributed by atoms with Crippen molar-refractivity contribution in [3.05, 3.63) is 30.0 Å². The molecule has 0 radical (unpaired) electrons. The second-order valence-corrected chi connectivity index (χ2v) is 4.07. The number of benzene rings is 1. The normalized spacial score (nSPS) is 11.6. The van der Waals surface area contributed by atoms with Crippen molar-refractivity contribution in [2.24, 2.45) is 10.7 Å². The second-order valence-electron chi connectivity index (χ2n) is 4.07. The van der Waals surface area contributed by atoms with Gasteiger partial charge in [0.25, 0.3) is 5.91 Å². The first-order valence-corrected chi connectivity index (χ1v) is 6.04. The number of rotatable bonds is 4. The third-order valence-electron chi connectivity index (χ3n) is 2.68. The van der Waals surface area contributed by atoms with Crippen LogP contribution in [0.15, 0.2) is 29.3 Å². The highest BCUT2D eigenvalue weighted by molar-refractivity contribution is 6.06.